The van der Waals surface area contributed by atoms with Gasteiger partial charge in [-0.2, -0.15) is 8.42 Å². The van der Waals surface area contributed by atoms with Crippen LogP contribution in [0.25, 0.3) is 10.4 Å². The molecule has 3 heterocycles. The molecule has 1 aliphatic rings. The average Bonchev–Trinajstić information content (AvgIpc) is 3.06. The molecule has 1 aliphatic heterocycles. The third kappa shape index (κ3) is 3.19. The van der Waals surface area contributed by atoms with Crippen LogP contribution < -0.4 is 15.2 Å². The second-order valence-electron chi connectivity index (χ2n) is 5.93. The number of H-pyrrole nitrogens is 1. The van der Waals surface area contributed by atoms with Crippen molar-refractivity contribution in [3.8, 4) is 10.4 Å². The molecule has 2 aromatic heterocycles. The number of sulfonamides is 1. The van der Waals surface area contributed by atoms with E-state index in [2.05, 4.69) is 10.3 Å². The van der Waals surface area contributed by atoms with E-state index in [0.29, 0.717) is 46.7 Å². The molecular weight excluding hydrogens is 346 g/mol. The van der Waals surface area contributed by atoms with Gasteiger partial charge in [0.2, 0.25) is 0 Å². The Bertz CT molecular complexity index is 894. The molecule has 2 aromatic rings. The van der Waals surface area contributed by atoms with Crippen molar-refractivity contribution < 1.29 is 12.7 Å². The fourth-order valence-corrected chi connectivity index (χ4v) is 6.06. The van der Waals surface area contributed by atoms with E-state index in [1.165, 1.54) is 11.3 Å². The van der Waals surface area contributed by atoms with E-state index in [1.807, 2.05) is 26.0 Å². The number of quaternary nitrogens is 1. The normalized spacial score (nSPS) is 16.4. The van der Waals surface area contributed by atoms with Gasteiger partial charge in [-0.1, -0.05) is 6.92 Å². The standard InChI is InChI=1S/C16H21N3O3S2/c1-3-12-10-13(11(2)18-16(12)20)14-4-5-15(23-14)24(21,22)19-8-6-17-7-9-19/h4-5,10,17H,3,6-9H2,1-2H3,(H,18,20)/p+1. The average molecular weight is 369 g/mol. The molecule has 0 saturated carbocycles. The predicted molar refractivity (Wildman–Crippen MR) is 95.2 cm³/mol. The molecule has 3 N–H and O–H groups in total. The van der Waals surface area contributed by atoms with Crippen molar-refractivity contribution in [2.45, 2.75) is 24.5 Å². The van der Waals surface area contributed by atoms with Crippen LogP contribution in [0.5, 0.6) is 0 Å². The maximum absolute atomic E-state index is 12.8. The number of aromatic nitrogens is 1. The Kier molecular flexibility index (Phi) is 4.91. The summed E-state index contributed by atoms with van der Waals surface area (Å²) in [4.78, 5) is 15.6. The number of aromatic amines is 1. The lowest BCUT2D eigenvalue weighted by Crippen LogP contribution is -3.16. The van der Waals surface area contributed by atoms with Crippen LogP contribution in [-0.4, -0.2) is 39.6 Å². The Balaban J connectivity index is 1.98. The summed E-state index contributed by atoms with van der Waals surface area (Å²) >= 11 is 1.27. The summed E-state index contributed by atoms with van der Waals surface area (Å²) in [6.07, 6.45) is 0.643. The fourth-order valence-electron chi connectivity index (χ4n) is 2.91. The number of pyridine rings is 1. The summed E-state index contributed by atoms with van der Waals surface area (Å²) < 4.78 is 26.6. The number of hydrogen-bond donors (Lipinski definition) is 3. The van der Waals surface area contributed by atoms with Gasteiger partial charge in [-0.25, -0.2) is 4.31 Å². The zero-order valence-electron chi connectivity index (χ0n) is 13.8. The van der Waals surface area contributed by atoms with Gasteiger partial charge in [0.05, 0.1) is 0 Å². The Hall–Kier alpha value is -1.48. The SMILES string of the molecule is CCc1cc(-c2ccc(S(=O)(=O)[NH+]3CCNCC3)s2)c(C)[nH]c1=O. The van der Waals surface area contributed by atoms with Crippen LogP contribution in [-0.2, 0) is 16.4 Å². The summed E-state index contributed by atoms with van der Waals surface area (Å²) in [6.45, 7) is 6.35. The van der Waals surface area contributed by atoms with Gasteiger partial charge in [-0.05, 0) is 31.5 Å². The molecule has 8 heteroatoms. The Morgan fingerprint density at radius 3 is 2.62 bits per heavy atom. The minimum Gasteiger partial charge on any atom is -0.326 e. The van der Waals surface area contributed by atoms with E-state index in [9.17, 15) is 13.2 Å². The highest BCUT2D eigenvalue weighted by Crippen LogP contribution is 2.31. The van der Waals surface area contributed by atoms with E-state index in [-0.39, 0.29) is 5.56 Å². The van der Waals surface area contributed by atoms with Crippen molar-refractivity contribution >= 4 is 21.4 Å². The van der Waals surface area contributed by atoms with E-state index >= 15 is 0 Å². The molecule has 0 atom stereocenters. The lowest BCUT2D eigenvalue weighted by atomic mass is 10.1. The molecule has 130 valence electrons. The van der Waals surface area contributed by atoms with Crippen molar-refractivity contribution in [3.05, 3.63) is 39.8 Å². The monoisotopic (exact) mass is 368 g/mol. The largest absolute Gasteiger partial charge is 0.335 e. The van der Waals surface area contributed by atoms with Crippen LogP contribution >= 0.6 is 11.3 Å². The molecule has 0 spiro atoms. The molecule has 3 rings (SSSR count). The van der Waals surface area contributed by atoms with Gasteiger partial charge in [0.1, 0.15) is 13.1 Å². The van der Waals surface area contributed by atoms with Crippen LogP contribution in [0, 0.1) is 6.92 Å². The first kappa shape index (κ1) is 17.3. The minimum absolute atomic E-state index is 0.0755. The summed E-state index contributed by atoms with van der Waals surface area (Å²) in [6, 6.07) is 5.38. The molecule has 0 unspecified atom stereocenters. The molecule has 0 aromatic carbocycles. The summed E-state index contributed by atoms with van der Waals surface area (Å²) in [7, 11) is -3.36. The van der Waals surface area contributed by atoms with Crippen LogP contribution in [0.1, 0.15) is 18.2 Å². The van der Waals surface area contributed by atoms with Gasteiger partial charge in [0, 0.05) is 34.8 Å². The Morgan fingerprint density at radius 1 is 1.25 bits per heavy atom. The topological polar surface area (TPSA) is 83.5 Å². The van der Waals surface area contributed by atoms with Crippen molar-refractivity contribution in [2.75, 3.05) is 26.2 Å². The van der Waals surface area contributed by atoms with Gasteiger partial charge < -0.3 is 10.3 Å². The molecule has 0 amide bonds. The number of piperazine rings is 1. The van der Waals surface area contributed by atoms with E-state index < -0.39 is 10.0 Å². The molecule has 0 radical (unpaired) electrons. The van der Waals surface area contributed by atoms with Gasteiger partial charge in [0.25, 0.3) is 5.56 Å². The molecular formula is C16H22N3O3S2+. The number of nitrogens with one attached hydrogen (secondary N) is 3. The summed E-state index contributed by atoms with van der Waals surface area (Å²) in [5, 5.41) is 3.18. The fraction of sp³-hybridized carbons (Fsp3) is 0.438. The van der Waals surface area contributed by atoms with Crippen molar-refractivity contribution in [2.24, 2.45) is 0 Å². The summed E-state index contributed by atoms with van der Waals surface area (Å²) in [5.41, 5.74) is 2.29. The van der Waals surface area contributed by atoms with Gasteiger partial charge in [0.15, 0.2) is 4.21 Å². The van der Waals surface area contributed by atoms with E-state index in [1.54, 1.807) is 6.07 Å². The van der Waals surface area contributed by atoms with Gasteiger partial charge in [-0.3, -0.25) is 4.79 Å². The molecule has 0 bridgehead atoms. The zero-order valence-corrected chi connectivity index (χ0v) is 15.4. The first-order chi connectivity index (χ1) is 11.4. The first-order valence-corrected chi connectivity index (χ1v) is 10.4. The maximum atomic E-state index is 12.8. The number of hydrogen-bond acceptors (Lipinski definition) is 5. The molecule has 6 nitrogen and oxygen atoms in total. The van der Waals surface area contributed by atoms with E-state index in [0.717, 1.165) is 16.1 Å². The molecule has 1 saturated heterocycles. The second-order valence-corrected chi connectivity index (χ2v) is 9.29. The minimum atomic E-state index is -3.36. The lowest BCUT2D eigenvalue weighted by Gasteiger charge is -2.22. The first-order valence-electron chi connectivity index (χ1n) is 8.07. The number of rotatable bonds is 4. The highest BCUT2D eigenvalue weighted by Gasteiger charge is 2.31. The van der Waals surface area contributed by atoms with Crippen molar-refractivity contribution in [3.63, 3.8) is 0 Å². The highest BCUT2D eigenvalue weighted by atomic mass is 32.2. The van der Waals surface area contributed by atoms with E-state index in [4.69, 9.17) is 0 Å². The number of aryl methyl sites for hydroxylation is 2. The van der Waals surface area contributed by atoms with Crippen LogP contribution in [0.4, 0.5) is 0 Å². The van der Waals surface area contributed by atoms with Crippen LogP contribution in [0.3, 0.4) is 0 Å². The van der Waals surface area contributed by atoms with Gasteiger partial charge in [-0.15, -0.1) is 11.3 Å². The molecule has 24 heavy (non-hydrogen) atoms. The van der Waals surface area contributed by atoms with Crippen molar-refractivity contribution in [1.82, 2.24) is 10.3 Å². The highest BCUT2D eigenvalue weighted by molar-refractivity contribution is 7.87. The molecule has 0 aliphatic carbocycles. The smallest absolute Gasteiger partial charge is 0.326 e. The third-order valence-corrected chi connectivity index (χ3v) is 8.00. The van der Waals surface area contributed by atoms with Crippen LogP contribution in [0.15, 0.2) is 27.2 Å². The second kappa shape index (κ2) is 6.79. The quantitative estimate of drug-likeness (QED) is 0.717. The lowest BCUT2D eigenvalue weighted by molar-refractivity contribution is -0.769. The predicted octanol–water partition coefficient (Wildman–Crippen LogP) is 0.151. The van der Waals surface area contributed by atoms with Crippen molar-refractivity contribution in [1.29, 1.82) is 0 Å². The number of thiophene rings is 1. The Labute approximate surface area is 145 Å². The van der Waals surface area contributed by atoms with Crippen LogP contribution in [0.2, 0.25) is 0 Å². The van der Waals surface area contributed by atoms with Gasteiger partial charge >= 0.3 is 10.0 Å². The molecule has 1 fully saturated rings. The zero-order chi connectivity index (χ0) is 17.3. The maximum Gasteiger partial charge on any atom is 0.335 e. The summed E-state index contributed by atoms with van der Waals surface area (Å²) in [5.74, 6) is 0. The Morgan fingerprint density at radius 2 is 1.96 bits per heavy atom. The third-order valence-electron chi connectivity index (χ3n) is 4.35.